The van der Waals surface area contributed by atoms with Gasteiger partial charge in [-0.2, -0.15) is 0 Å². The van der Waals surface area contributed by atoms with Crippen molar-refractivity contribution in [2.45, 2.75) is 40.0 Å². The van der Waals surface area contributed by atoms with Crippen LogP contribution in [0.1, 0.15) is 37.3 Å². The van der Waals surface area contributed by atoms with Gasteiger partial charge in [0.1, 0.15) is 0 Å². The second kappa shape index (κ2) is 12.3. The second-order valence-corrected chi connectivity index (χ2v) is 8.49. The third-order valence-corrected chi connectivity index (χ3v) is 5.71. The lowest BCUT2D eigenvalue weighted by Crippen LogP contribution is -2.47. The molecular weight excluding hydrogens is 370 g/mol. The van der Waals surface area contributed by atoms with Gasteiger partial charge >= 0.3 is 0 Å². The molecule has 30 heavy (non-hydrogen) atoms. The molecule has 0 bridgehead atoms. The van der Waals surface area contributed by atoms with Crippen molar-refractivity contribution in [3.63, 3.8) is 0 Å². The molecule has 2 rings (SSSR count). The standard InChI is InChI=1S/C24H40N5.CH3/c1-5-14-29(4,15-6-12-27-21-8-10-23(25)19(2)17-21)16-7-13-28-22-9-11-24(26)20(3)18-22;/h8-11,17-18,27-28H,5-7,12-16,25-26H2,1-4H3;1H3/q+1;-1. The minimum absolute atomic E-state index is 0. The molecule has 0 fully saturated rings. The Balaban J connectivity index is 0.00000450. The molecule has 0 saturated heterocycles. The van der Waals surface area contributed by atoms with Crippen LogP contribution in [0.25, 0.3) is 0 Å². The summed E-state index contributed by atoms with van der Waals surface area (Å²) >= 11 is 0. The molecule has 5 heteroatoms. The quantitative estimate of drug-likeness (QED) is 0.169. The molecule has 5 nitrogen and oxygen atoms in total. The van der Waals surface area contributed by atoms with E-state index in [0.29, 0.717) is 0 Å². The van der Waals surface area contributed by atoms with E-state index in [0.717, 1.165) is 64.3 Å². The fourth-order valence-electron chi connectivity index (χ4n) is 3.83. The summed E-state index contributed by atoms with van der Waals surface area (Å²) in [5.74, 6) is 0. The first-order valence-corrected chi connectivity index (χ1v) is 10.9. The Kier molecular flexibility index (Phi) is 10.5. The lowest BCUT2D eigenvalue weighted by atomic mass is 10.2. The van der Waals surface area contributed by atoms with E-state index in [1.165, 1.54) is 26.1 Å². The van der Waals surface area contributed by atoms with Crippen molar-refractivity contribution in [1.29, 1.82) is 0 Å². The Labute approximate surface area is 184 Å². The van der Waals surface area contributed by atoms with Crippen molar-refractivity contribution in [3.8, 4) is 0 Å². The molecule has 0 heterocycles. The maximum absolute atomic E-state index is 5.90. The van der Waals surface area contributed by atoms with Crippen LogP contribution in [-0.2, 0) is 0 Å². The van der Waals surface area contributed by atoms with Crippen LogP contribution >= 0.6 is 0 Å². The van der Waals surface area contributed by atoms with Crippen molar-refractivity contribution in [3.05, 3.63) is 55.0 Å². The highest BCUT2D eigenvalue weighted by atomic mass is 15.3. The van der Waals surface area contributed by atoms with Crippen LogP contribution < -0.4 is 22.1 Å². The summed E-state index contributed by atoms with van der Waals surface area (Å²) in [4.78, 5) is 0. The molecular formula is C25H43N5. The van der Waals surface area contributed by atoms with Gasteiger partial charge < -0.3 is 34.0 Å². The average Bonchev–Trinajstić information content (AvgIpc) is 2.68. The number of nitrogens with two attached hydrogens (primary N) is 2. The van der Waals surface area contributed by atoms with Crippen molar-refractivity contribution in [2.75, 3.05) is 61.9 Å². The van der Waals surface area contributed by atoms with Gasteiger partial charge in [0.25, 0.3) is 0 Å². The summed E-state index contributed by atoms with van der Waals surface area (Å²) in [7, 11) is 2.39. The number of benzene rings is 2. The lowest BCUT2D eigenvalue weighted by molar-refractivity contribution is -0.909. The van der Waals surface area contributed by atoms with E-state index in [2.05, 4.69) is 62.7 Å². The van der Waals surface area contributed by atoms with Crippen LogP contribution in [0, 0.1) is 21.3 Å². The number of hydrogen-bond acceptors (Lipinski definition) is 4. The highest BCUT2D eigenvalue weighted by Gasteiger charge is 2.19. The largest absolute Gasteiger partial charge is 0.399 e. The predicted octanol–water partition coefficient (Wildman–Crippen LogP) is 5.08. The smallest absolute Gasteiger partial charge is 0.0801 e. The van der Waals surface area contributed by atoms with Gasteiger partial charge in [-0.1, -0.05) is 6.92 Å². The summed E-state index contributed by atoms with van der Waals surface area (Å²) in [5.41, 5.74) is 18.1. The SMILES string of the molecule is CCC[N+](C)(CCCNc1ccc(N)c(C)c1)CCCNc1ccc(N)c(C)c1.[CH3-]. The molecule has 6 N–H and O–H groups in total. The number of nitrogen functional groups attached to an aromatic ring is 2. The number of anilines is 4. The summed E-state index contributed by atoms with van der Waals surface area (Å²) in [6.45, 7) is 12.0. The molecule has 0 aliphatic rings. The van der Waals surface area contributed by atoms with Crippen LogP contribution in [0.5, 0.6) is 0 Å². The first kappa shape index (κ1) is 25.6. The second-order valence-electron chi connectivity index (χ2n) is 8.49. The maximum Gasteiger partial charge on any atom is 0.0801 e. The molecule has 0 unspecified atom stereocenters. The van der Waals surface area contributed by atoms with Crippen LogP contribution in [0.3, 0.4) is 0 Å². The Hall–Kier alpha value is -2.40. The average molecular weight is 414 g/mol. The van der Waals surface area contributed by atoms with Crippen molar-refractivity contribution < 1.29 is 4.48 Å². The first-order valence-electron chi connectivity index (χ1n) is 10.9. The highest BCUT2D eigenvalue weighted by Crippen LogP contribution is 2.18. The summed E-state index contributed by atoms with van der Waals surface area (Å²) in [6, 6.07) is 12.3. The lowest BCUT2D eigenvalue weighted by Gasteiger charge is -2.34. The molecule has 2 aromatic carbocycles. The molecule has 0 aliphatic heterocycles. The van der Waals surface area contributed by atoms with Gasteiger partial charge in [0.15, 0.2) is 0 Å². The summed E-state index contributed by atoms with van der Waals surface area (Å²) in [5, 5.41) is 7.08. The zero-order chi connectivity index (χ0) is 21.3. The van der Waals surface area contributed by atoms with Gasteiger partial charge in [0.2, 0.25) is 0 Å². The van der Waals surface area contributed by atoms with Gasteiger partial charge in [0, 0.05) is 48.7 Å². The van der Waals surface area contributed by atoms with Crippen LogP contribution in [0.2, 0.25) is 0 Å². The Morgan fingerprint density at radius 1 is 0.767 bits per heavy atom. The summed E-state index contributed by atoms with van der Waals surface area (Å²) in [6.07, 6.45) is 3.53. The van der Waals surface area contributed by atoms with Gasteiger partial charge in [-0.15, -0.1) is 0 Å². The minimum Gasteiger partial charge on any atom is -0.399 e. The topological polar surface area (TPSA) is 76.1 Å². The van der Waals surface area contributed by atoms with Crippen molar-refractivity contribution >= 4 is 22.7 Å². The fraction of sp³-hybridized carbons (Fsp3) is 0.480. The Bertz CT molecular complexity index is 713. The van der Waals surface area contributed by atoms with E-state index in [1.54, 1.807) is 0 Å². The molecule has 168 valence electrons. The number of rotatable bonds is 12. The zero-order valence-electron chi connectivity index (χ0n) is 19.7. The number of aryl methyl sites for hydroxylation is 2. The first-order chi connectivity index (χ1) is 13.8. The predicted molar refractivity (Wildman–Crippen MR) is 135 cm³/mol. The van der Waals surface area contributed by atoms with Gasteiger partial charge in [-0.3, -0.25) is 0 Å². The van der Waals surface area contributed by atoms with E-state index < -0.39 is 0 Å². The molecule has 0 saturated carbocycles. The van der Waals surface area contributed by atoms with Gasteiger partial charge in [-0.25, -0.2) is 0 Å². The van der Waals surface area contributed by atoms with E-state index in [9.17, 15) is 0 Å². The Morgan fingerprint density at radius 3 is 1.57 bits per heavy atom. The van der Waals surface area contributed by atoms with E-state index in [1.807, 2.05) is 12.1 Å². The zero-order valence-corrected chi connectivity index (χ0v) is 19.7. The van der Waals surface area contributed by atoms with E-state index in [4.69, 9.17) is 11.5 Å². The minimum atomic E-state index is 0. The van der Waals surface area contributed by atoms with Gasteiger partial charge in [-0.05, 0) is 67.8 Å². The number of nitrogens with zero attached hydrogens (tertiary/aromatic N) is 1. The van der Waals surface area contributed by atoms with Crippen molar-refractivity contribution in [1.82, 2.24) is 0 Å². The molecule has 0 amide bonds. The molecule has 0 atom stereocenters. The summed E-state index contributed by atoms with van der Waals surface area (Å²) < 4.78 is 1.13. The third-order valence-electron chi connectivity index (χ3n) is 5.71. The molecule has 0 aliphatic carbocycles. The fourth-order valence-corrected chi connectivity index (χ4v) is 3.83. The molecule has 0 aromatic heterocycles. The number of hydrogen-bond donors (Lipinski definition) is 4. The van der Waals surface area contributed by atoms with Crippen LogP contribution in [-0.4, -0.2) is 44.3 Å². The molecule has 2 aromatic rings. The van der Waals surface area contributed by atoms with Gasteiger partial charge in [0.05, 0.1) is 26.7 Å². The Morgan fingerprint density at radius 2 is 1.20 bits per heavy atom. The van der Waals surface area contributed by atoms with E-state index >= 15 is 0 Å². The van der Waals surface area contributed by atoms with Crippen LogP contribution in [0.4, 0.5) is 22.7 Å². The van der Waals surface area contributed by atoms with E-state index in [-0.39, 0.29) is 7.43 Å². The normalized spacial score (nSPS) is 11.1. The molecule has 0 spiro atoms. The number of nitrogens with one attached hydrogen (secondary N) is 2. The third kappa shape index (κ3) is 8.15. The van der Waals surface area contributed by atoms with Crippen LogP contribution in [0.15, 0.2) is 36.4 Å². The monoisotopic (exact) mass is 413 g/mol. The maximum atomic E-state index is 5.90. The molecule has 0 radical (unpaired) electrons. The van der Waals surface area contributed by atoms with Crippen molar-refractivity contribution in [2.24, 2.45) is 0 Å². The number of quaternary nitrogens is 1. The highest BCUT2D eigenvalue weighted by molar-refractivity contribution is 5.57.